The highest BCUT2D eigenvalue weighted by Crippen LogP contribution is 2.48. The number of halogens is 12. The minimum atomic E-state index is -5.28. The molecule has 4 nitrogen and oxygen atoms in total. The lowest BCUT2D eigenvalue weighted by molar-refractivity contribution is -0.144. The number of nitrogens with zero attached hydrogens (tertiary/aromatic N) is 2. The van der Waals surface area contributed by atoms with Gasteiger partial charge in [-0.2, -0.15) is 52.7 Å². The van der Waals surface area contributed by atoms with E-state index in [-0.39, 0.29) is 67.6 Å². The minimum absolute atomic E-state index is 0.0701. The average Bonchev–Trinajstić information content (AvgIpc) is 3.73. The summed E-state index contributed by atoms with van der Waals surface area (Å²) >= 11 is 0. The summed E-state index contributed by atoms with van der Waals surface area (Å²) in [6, 6.07) is 28.6. The van der Waals surface area contributed by atoms with Crippen molar-refractivity contribution >= 4 is 39.3 Å². The predicted octanol–water partition coefficient (Wildman–Crippen LogP) is 14.7. The van der Waals surface area contributed by atoms with Crippen molar-refractivity contribution in [2.45, 2.75) is 24.7 Å². The molecule has 0 radical (unpaired) electrons. The maximum absolute atomic E-state index is 14.9. The van der Waals surface area contributed by atoms with Gasteiger partial charge in [0.05, 0.1) is 55.8 Å². The molecule has 0 atom stereocenters. The molecule has 9 rings (SSSR count). The first-order chi connectivity index (χ1) is 30.1. The molecule has 0 saturated heterocycles. The van der Waals surface area contributed by atoms with Crippen LogP contribution in [-0.2, 0) is 24.7 Å². The summed E-state index contributed by atoms with van der Waals surface area (Å²) in [4.78, 5) is 30.2. The summed E-state index contributed by atoms with van der Waals surface area (Å²) in [6.45, 7) is 0. The van der Waals surface area contributed by atoms with Crippen molar-refractivity contribution in [1.29, 1.82) is 0 Å². The number of alkyl halides is 12. The quantitative estimate of drug-likeness (QED) is 0.128. The van der Waals surface area contributed by atoms with Crippen molar-refractivity contribution in [1.82, 2.24) is 4.57 Å². The van der Waals surface area contributed by atoms with Crippen LogP contribution in [0, 0.1) is 0 Å². The van der Waals surface area contributed by atoms with Gasteiger partial charge in [0.2, 0.25) is 0 Å². The van der Waals surface area contributed by atoms with Gasteiger partial charge in [-0.05, 0) is 71.3 Å². The van der Waals surface area contributed by atoms with Crippen LogP contribution < -0.4 is 4.90 Å². The zero-order valence-corrected chi connectivity index (χ0v) is 32.1. The van der Waals surface area contributed by atoms with Gasteiger partial charge in [-0.1, -0.05) is 91.0 Å². The lowest BCUT2D eigenvalue weighted by atomic mass is 9.96. The maximum atomic E-state index is 14.9. The van der Waals surface area contributed by atoms with Crippen molar-refractivity contribution in [3.8, 4) is 39.1 Å². The Bertz CT molecular complexity index is 3020. The van der Waals surface area contributed by atoms with Gasteiger partial charge in [-0.15, -0.1) is 0 Å². The summed E-state index contributed by atoms with van der Waals surface area (Å²) in [5.74, 6) is -1.76. The number of imide groups is 1. The van der Waals surface area contributed by atoms with Gasteiger partial charge >= 0.3 is 24.7 Å². The Labute approximate surface area is 353 Å². The van der Waals surface area contributed by atoms with Crippen LogP contribution in [-0.4, -0.2) is 16.4 Å². The van der Waals surface area contributed by atoms with Crippen LogP contribution in [0.5, 0.6) is 0 Å². The first-order valence-corrected chi connectivity index (χ1v) is 19.0. The Hall–Kier alpha value is -7.36. The number of carbonyl (C=O) groups excluding carboxylic acids is 2. The first kappa shape index (κ1) is 42.0. The van der Waals surface area contributed by atoms with Crippen LogP contribution in [0.25, 0.3) is 60.9 Å². The number of hydrogen-bond acceptors (Lipinski definition) is 2. The van der Waals surface area contributed by atoms with Crippen LogP contribution in [0.1, 0.15) is 43.0 Å². The molecule has 322 valence electrons. The third kappa shape index (κ3) is 7.02. The highest BCUT2D eigenvalue weighted by Gasteiger charge is 2.42. The van der Waals surface area contributed by atoms with E-state index in [9.17, 15) is 62.3 Å². The normalized spacial score (nSPS) is 13.7. The third-order valence-corrected chi connectivity index (χ3v) is 11.0. The molecular weight excluding hydrogens is 865 g/mol. The minimum Gasteiger partial charge on any atom is -0.307 e. The van der Waals surface area contributed by atoms with Crippen LogP contribution in [0.15, 0.2) is 146 Å². The molecule has 0 spiro atoms. The van der Waals surface area contributed by atoms with Gasteiger partial charge in [0.1, 0.15) is 0 Å². The number of fused-ring (bicyclic) bond motifs is 4. The fourth-order valence-corrected chi connectivity index (χ4v) is 8.25. The van der Waals surface area contributed by atoms with E-state index in [4.69, 9.17) is 0 Å². The van der Waals surface area contributed by atoms with Gasteiger partial charge in [0.15, 0.2) is 0 Å². The molecular formula is C48H24F12N2O2. The van der Waals surface area contributed by atoms with E-state index in [1.807, 2.05) is 0 Å². The van der Waals surface area contributed by atoms with Crippen molar-refractivity contribution in [2.75, 3.05) is 4.90 Å². The molecule has 0 unspecified atom stereocenters. The molecule has 1 aromatic heterocycles. The molecule has 0 aliphatic carbocycles. The average molecular weight is 889 g/mol. The van der Waals surface area contributed by atoms with E-state index in [1.165, 1.54) is 65.2 Å². The number of para-hydroxylation sites is 3. The third-order valence-electron chi connectivity index (χ3n) is 11.0. The van der Waals surface area contributed by atoms with E-state index in [1.54, 1.807) is 48.5 Å². The first-order valence-electron chi connectivity index (χ1n) is 19.0. The smallest absolute Gasteiger partial charge is 0.307 e. The van der Waals surface area contributed by atoms with Crippen molar-refractivity contribution in [2.24, 2.45) is 0 Å². The number of carbonyl (C=O) groups is 2. The Kier molecular flexibility index (Phi) is 9.58. The number of hydrogen-bond donors (Lipinski definition) is 0. The predicted molar refractivity (Wildman–Crippen MR) is 215 cm³/mol. The van der Waals surface area contributed by atoms with Crippen LogP contribution in [0.4, 0.5) is 58.4 Å². The Balaban J connectivity index is 1.41. The Morgan fingerprint density at radius 1 is 0.344 bits per heavy atom. The molecule has 0 fully saturated rings. The Morgan fingerprint density at radius 2 is 0.734 bits per heavy atom. The Morgan fingerprint density at radius 3 is 1.20 bits per heavy atom. The van der Waals surface area contributed by atoms with E-state index in [0.717, 1.165) is 4.90 Å². The second kappa shape index (κ2) is 14.6. The summed E-state index contributed by atoms with van der Waals surface area (Å²) < 4.78 is 173. The molecule has 8 aromatic rings. The number of anilines is 1. The standard InChI is InChI=1S/C48H24F12N2O2/c49-45(50,51)28-19-26(20-29(23-28)46(52,53)54)33-12-6-14-35-36-15-7-13-34(27-21-30(47(55,56)57)24-31(22-27)48(58,59)60)42(36)61(41(33)35)39-18-8-16-37-40(39)44(64)62(43(37)63)38-17-5-4-11-32(38)25-9-2-1-3-10-25/h1-24H. The number of amides is 2. The molecule has 0 saturated carbocycles. The van der Waals surface area contributed by atoms with Crippen LogP contribution >= 0.6 is 0 Å². The largest absolute Gasteiger partial charge is 0.416 e. The molecule has 2 heterocycles. The highest BCUT2D eigenvalue weighted by molar-refractivity contribution is 6.36. The van der Waals surface area contributed by atoms with Crippen LogP contribution in [0.2, 0.25) is 0 Å². The van der Waals surface area contributed by atoms with E-state index < -0.39 is 69.9 Å². The van der Waals surface area contributed by atoms with Gasteiger partial charge < -0.3 is 4.57 Å². The fourth-order valence-electron chi connectivity index (χ4n) is 8.25. The number of aromatic nitrogens is 1. The lowest BCUT2D eigenvalue weighted by Crippen LogP contribution is -2.30. The van der Waals surface area contributed by atoms with E-state index in [0.29, 0.717) is 35.4 Å². The van der Waals surface area contributed by atoms with Crippen LogP contribution in [0.3, 0.4) is 0 Å². The van der Waals surface area contributed by atoms with Gasteiger partial charge in [-0.25, -0.2) is 4.90 Å². The van der Waals surface area contributed by atoms with Gasteiger partial charge in [0, 0.05) is 27.5 Å². The topological polar surface area (TPSA) is 42.3 Å². The number of benzene rings is 7. The monoisotopic (exact) mass is 888 g/mol. The van der Waals surface area contributed by atoms with Crippen molar-refractivity contribution in [3.63, 3.8) is 0 Å². The molecule has 16 heteroatoms. The molecule has 1 aliphatic heterocycles. The zero-order chi connectivity index (χ0) is 45.7. The van der Waals surface area contributed by atoms with Gasteiger partial charge in [0.25, 0.3) is 11.8 Å². The van der Waals surface area contributed by atoms with Crippen molar-refractivity contribution in [3.05, 3.63) is 179 Å². The molecule has 1 aliphatic rings. The van der Waals surface area contributed by atoms with E-state index >= 15 is 0 Å². The highest BCUT2D eigenvalue weighted by atomic mass is 19.4. The van der Waals surface area contributed by atoms with Gasteiger partial charge in [-0.3, -0.25) is 9.59 Å². The van der Waals surface area contributed by atoms with Crippen molar-refractivity contribution < 1.29 is 62.3 Å². The number of rotatable bonds is 5. The summed E-state index contributed by atoms with van der Waals surface area (Å²) in [5, 5.41) is 0.146. The second-order valence-electron chi connectivity index (χ2n) is 14.9. The zero-order valence-electron chi connectivity index (χ0n) is 32.1. The molecule has 0 bridgehead atoms. The SMILES string of the molecule is O=C1c2cccc(-n3c4c(-c5cc(C(F)(F)F)cc(C(F)(F)F)c5)cccc4c4cccc(-c5cc(C(F)(F)F)cc(C(F)(F)F)c5)c43)c2C(=O)N1c1ccccc1-c1ccccc1. The molecule has 64 heavy (non-hydrogen) atoms. The van der Waals surface area contributed by atoms with E-state index in [2.05, 4.69) is 0 Å². The molecule has 2 amide bonds. The lowest BCUT2D eigenvalue weighted by Gasteiger charge is -2.20. The summed E-state index contributed by atoms with van der Waals surface area (Å²) in [6.07, 6.45) is -21.1. The molecule has 7 aromatic carbocycles. The fraction of sp³-hybridized carbons (Fsp3) is 0.0833. The maximum Gasteiger partial charge on any atom is 0.416 e. The summed E-state index contributed by atoms with van der Waals surface area (Å²) in [7, 11) is 0. The molecule has 0 N–H and O–H groups in total. The second-order valence-corrected chi connectivity index (χ2v) is 14.9. The summed E-state index contributed by atoms with van der Waals surface area (Å²) in [5.41, 5.74) is -8.40.